The van der Waals surface area contributed by atoms with Gasteiger partial charge >= 0.3 is 0 Å². The lowest BCUT2D eigenvalue weighted by molar-refractivity contribution is 0.832. The summed E-state index contributed by atoms with van der Waals surface area (Å²) in [5, 5.41) is 0. The Morgan fingerprint density at radius 2 is 1.64 bits per heavy atom. The molecule has 0 spiro atoms. The summed E-state index contributed by atoms with van der Waals surface area (Å²) in [5.41, 5.74) is 5.45. The fraction of sp³-hybridized carbons (Fsp3) is 0. The van der Waals surface area contributed by atoms with Crippen LogP contribution in [0.25, 0.3) is 0 Å². The van der Waals surface area contributed by atoms with Gasteiger partial charge in [-0.3, -0.25) is 0 Å². The third kappa shape index (κ3) is 0.815. The van der Waals surface area contributed by atoms with Crippen molar-refractivity contribution in [2.24, 2.45) is 35.7 Å². The first kappa shape index (κ1) is 7.06. The molecule has 0 unspecified atom stereocenters. The number of hydrogen-bond donors (Lipinski definition) is 1. The second kappa shape index (κ2) is 2.31. The Morgan fingerprint density at radius 1 is 0.929 bits per heavy atom. The first-order valence-electron chi connectivity index (χ1n) is 3.64. The Balaban J connectivity index is 2.23. The fourth-order valence-electron chi connectivity index (χ4n) is 1.10. The van der Waals surface area contributed by atoms with Crippen LogP contribution in [0.1, 0.15) is 0 Å². The monoisotopic (exact) mass is 186 g/mol. The van der Waals surface area contributed by atoms with Crippen LogP contribution < -0.4 is 5.73 Å². The molecule has 0 aromatic carbocycles. The zero-order valence-electron chi connectivity index (χ0n) is 6.71. The SMILES string of the molecule is NC1=NC2=N[C]=NC3=N[C]=NC(=N1)N32. The Labute approximate surface area is 78.0 Å². The predicted molar refractivity (Wildman–Crippen MR) is 50.6 cm³/mol. The lowest BCUT2D eigenvalue weighted by Gasteiger charge is -2.25. The largest absolute Gasteiger partial charge is 0.368 e. The summed E-state index contributed by atoms with van der Waals surface area (Å²) in [4.78, 5) is 24.4. The third-order valence-electron chi connectivity index (χ3n) is 1.63. The van der Waals surface area contributed by atoms with Crippen LogP contribution in [0.4, 0.5) is 0 Å². The molecule has 0 saturated carbocycles. The normalized spacial score (nSPS) is 22.1. The van der Waals surface area contributed by atoms with Crippen LogP contribution in [-0.4, -0.2) is 41.4 Å². The van der Waals surface area contributed by atoms with Crippen LogP contribution in [0.5, 0.6) is 0 Å². The molecule has 2 radical (unpaired) electrons. The van der Waals surface area contributed by atoms with Crippen molar-refractivity contribution in [3.8, 4) is 0 Å². The average molecular weight is 186 g/mol. The van der Waals surface area contributed by atoms with Crippen molar-refractivity contribution in [3.63, 3.8) is 0 Å². The van der Waals surface area contributed by atoms with E-state index in [2.05, 4.69) is 42.6 Å². The van der Waals surface area contributed by atoms with Crippen LogP contribution >= 0.6 is 0 Å². The molecule has 14 heavy (non-hydrogen) atoms. The third-order valence-corrected chi connectivity index (χ3v) is 1.63. The van der Waals surface area contributed by atoms with Gasteiger partial charge in [0.2, 0.25) is 36.5 Å². The number of rotatable bonds is 0. The molecule has 3 aliphatic rings. The van der Waals surface area contributed by atoms with Crippen molar-refractivity contribution in [2.75, 3.05) is 0 Å². The summed E-state index contributed by atoms with van der Waals surface area (Å²) >= 11 is 0. The number of aliphatic imine (C=N–C) groups is 6. The highest BCUT2D eigenvalue weighted by Gasteiger charge is 2.30. The number of nitrogens with two attached hydrogens (primary N) is 1. The lowest BCUT2D eigenvalue weighted by Crippen LogP contribution is -2.46. The van der Waals surface area contributed by atoms with Crippen LogP contribution in [0.15, 0.2) is 30.0 Å². The van der Waals surface area contributed by atoms with Gasteiger partial charge < -0.3 is 5.73 Å². The standard InChI is InChI=1S/C6H2N8/c7-3-12-5-10-1-8-4-9-2-11-6(13-3)14(4)5/h(H2,7,8,9,10,11,12,13). The molecule has 0 fully saturated rings. The zero-order chi connectivity index (χ0) is 9.54. The molecule has 0 aromatic heterocycles. The van der Waals surface area contributed by atoms with Gasteiger partial charge in [-0.1, -0.05) is 0 Å². The van der Waals surface area contributed by atoms with E-state index >= 15 is 0 Å². The first-order chi connectivity index (χ1) is 6.84. The smallest absolute Gasteiger partial charge is 0.245 e. The van der Waals surface area contributed by atoms with Gasteiger partial charge in [0.1, 0.15) is 0 Å². The van der Waals surface area contributed by atoms with E-state index in [1.54, 1.807) is 0 Å². The van der Waals surface area contributed by atoms with E-state index in [-0.39, 0.29) is 5.96 Å². The topological polar surface area (TPSA) is 103 Å². The van der Waals surface area contributed by atoms with E-state index in [1.165, 1.54) is 4.90 Å². The first-order valence-corrected chi connectivity index (χ1v) is 3.64. The van der Waals surface area contributed by atoms with E-state index in [0.29, 0.717) is 17.9 Å². The van der Waals surface area contributed by atoms with Gasteiger partial charge in [0.05, 0.1) is 0 Å². The Hall–Kier alpha value is -2.38. The molecule has 0 saturated heterocycles. The molecule has 3 heterocycles. The second-order valence-corrected chi connectivity index (χ2v) is 2.46. The summed E-state index contributed by atoms with van der Waals surface area (Å²) in [6, 6.07) is 0. The van der Waals surface area contributed by atoms with Crippen molar-refractivity contribution in [3.05, 3.63) is 0 Å². The van der Waals surface area contributed by atoms with E-state index in [9.17, 15) is 0 Å². The van der Waals surface area contributed by atoms with Crippen LogP contribution in [0.3, 0.4) is 0 Å². The van der Waals surface area contributed by atoms with Crippen molar-refractivity contribution in [1.82, 2.24) is 4.90 Å². The minimum absolute atomic E-state index is 0.0884. The molecule has 8 heteroatoms. The van der Waals surface area contributed by atoms with Gasteiger partial charge in [0.15, 0.2) is 0 Å². The maximum Gasteiger partial charge on any atom is 0.245 e. The van der Waals surface area contributed by atoms with Crippen LogP contribution in [0.2, 0.25) is 0 Å². The number of nitrogens with zero attached hydrogens (tertiary/aromatic N) is 7. The highest BCUT2D eigenvalue weighted by atomic mass is 15.5. The Kier molecular flexibility index (Phi) is 1.17. The highest BCUT2D eigenvalue weighted by molar-refractivity contribution is 6.27. The molecule has 0 aromatic rings. The predicted octanol–water partition coefficient (Wildman–Crippen LogP) is -1.48. The van der Waals surface area contributed by atoms with Crippen molar-refractivity contribution >= 4 is 36.5 Å². The fourth-order valence-corrected chi connectivity index (χ4v) is 1.10. The maximum atomic E-state index is 5.45. The minimum Gasteiger partial charge on any atom is -0.368 e. The lowest BCUT2D eigenvalue weighted by atomic mass is 10.5. The zero-order valence-corrected chi connectivity index (χ0v) is 6.71. The van der Waals surface area contributed by atoms with Gasteiger partial charge in [0, 0.05) is 0 Å². The van der Waals surface area contributed by atoms with Gasteiger partial charge in [-0.25, -0.2) is 4.90 Å². The van der Waals surface area contributed by atoms with Crippen molar-refractivity contribution in [1.29, 1.82) is 0 Å². The quantitative estimate of drug-likeness (QED) is 0.498. The second-order valence-electron chi connectivity index (χ2n) is 2.46. The van der Waals surface area contributed by atoms with Gasteiger partial charge in [0.25, 0.3) is 0 Å². The summed E-state index contributed by atoms with van der Waals surface area (Å²) in [5.74, 6) is 1.04. The maximum absolute atomic E-state index is 5.45. The molecule has 0 atom stereocenters. The Bertz CT molecular complexity index is 474. The van der Waals surface area contributed by atoms with Crippen molar-refractivity contribution in [2.45, 2.75) is 0 Å². The molecule has 0 bridgehead atoms. The summed E-state index contributed by atoms with van der Waals surface area (Å²) in [6.07, 6.45) is 4.80. The molecular formula is C6H2N8. The summed E-state index contributed by atoms with van der Waals surface area (Å²) < 4.78 is 0. The molecule has 2 N–H and O–H groups in total. The van der Waals surface area contributed by atoms with Gasteiger partial charge in [-0.15, -0.1) is 0 Å². The number of guanidine groups is 4. The number of hydrogen-bond acceptors (Lipinski definition) is 8. The molecule has 0 amide bonds. The average Bonchev–Trinajstić information content (AvgIpc) is 2.18. The van der Waals surface area contributed by atoms with Gasteiger partial charge in [-0.2, -0.15) is 30.0 Å². The van der Waals surface area contributed by atoms with E-state index in [1.807, 2.05) is 0 Å². The van der Waals surface area contributed by atoms with Crippen LogP contribution in [0, 0.1) is 0 Å². The van der Waals surface area contributed by atoms with Crippen LogP contribution in [-0.2, 0) is 0 Å². The van der Waals surface area contributed by atoms with E-state index < -0.39 is 0 Å². The Morgan fingerprint density at radius 3 is 2.50 bits per heavy atom. The molecule has 0 aliphatic carbocycles. The molecule has 66 valence electrons. The summed E-state index contributed by atoms with van der Waals surface area (Å²) in [6.45, 7) is 0. The molecular weight excluding hydrogens is 184 g/mol. The highest BCUT2D eigenvalue weighted by Crippen LogP contribution is 2.11. The minimum atomic E-state index is 0.0884. The summed E-state index contributed by atoms with van der Waals surface area (Å²) in [7, 11) is 0. The van der Waals surface area contributed by atoms with E-state index in [4.69, 9.17) is 5.73 Å². The molecule has 3 rings (SSSR count). The van der Waals surface area contributed by atoms with Crippen molar-refractivity contribution < 1.29 is 0 Å². The molecule has 3 aliphatic heterocycles. The molecule has 8 nitrogen and oxygen atoms in total. The van der Waals surface area contributed by atoms with Gasteiger partial charge in [-0.05, 0) is 0 Å². The van der Waals surface area contributed by atoms with E-state index in [0.717, 1.165) is 0 Å².